The molecule has 2 heterocycles. The van der Waals surface area contributed by atoms with Gasteiger partial charge in [-0.05, 0) is 48.4 Å². The predicted molar refractivity (Wildman–Crippen MR) is 152 cm³/mol. The Morgan fingerprint density at radius 1 is 1.02 bits per heavy atom. The zero-order valence-corrected chi connectivity index (χ0v) is 22.8. The third-order valence-corrected chi connectivity index (χ3v) is 7.88. The summed E-state index contributed by atoms with van der Waals surface area (Å²) in [5, 5.41) is 22.4. The number of nitriles is 1. The molecule has 0 aliphatic carbocycles. The molecule has 204 valence electrons. The highest BCUT2D eigenvalue weighted by atomic mass is 32.1. The average Bonchev–Trinajstić information content (AvgIpc) is 3.44. The fourth-order valence-electron chi connectivity index (χ4n) is 4.75. The number of hydrogen-bond donors (Lipinski definition) is 2. The van der Waals surface area contributed by atoms with E-state index in [-0.39, 0.29) is 33.7 Å². The molecule has 1 aliphatic heterocycles. The Labute approximate surface area is 239 Å². The van der Waals surface area contributed by atoms with Crippen molar-refractivity contribution in [3.63, 3.8) is 0 Å². The molecule has 1 aromatic heterocycles. The van der Waals surface area contributed by atoms with Crippen LogP contribution >= 0.6 is 11.3 Å². The zero-order chi connectivity index (χ0) is 29.3. The number of hydrogen-bond acceptors (Lipinski definition) is 7. The summed E-state index contributed by atoms with van der Waals surface area (Å²) in [5.41, 5.74) is 2.40. The highest BCUT2D eigenvalue weighted by molar-refractivity contribution is 7.17. The van der Waals surface area contributed by atoms with Gasteiger partial charge in [0.15, 0.2) is 0 Å². The molecular weight excluding hydrogens is 542 g/mol. The first-order valence-electron chi connectivity index (χ1n) is 12.5. The lowest BCUT2D eigenvalue weighted by atomic mass is 10.0. The van der Waals surface area contributed by atoms with Gasteiger partial charge in [-0.1, -0.05) is 42.5 Å². The van der Waals surface area contributed by atoms with Gasteiger partial charge in [0.1, 0.15) is 22.9 Å². The molecule has 1 aliphatic rings. The van der Waals surface area contributed by atoms with Crippen molar-refractivity contribution in [2.75, 3.05) is 12.0 Å². The highest BCUT2D eigenvalue weighted by Crippen LogP contribution is 2.44. The fourth-order valence-corrected chi connectivity index (χ4v) is 5.87. The molecule has 3 amide bonds. The number of amides is 3. The van der Waals surface area contributed by atoms with Crippen LogP contribution in [-0.4, -0.2) is 41.9 Å². The Bertz CT molecular complexity index is 1740. The number of anilines is 1. The number of nitrogens with zero attached hydrogens (tertiary/aromatic N) is 2. The van der Waals surface area contributed by atoms with E-state index in [0.717, 1.165) is 32.2 Å². The Morgan fingerprint density at radius 3 is 2.34 bits per heavy atom. The van der Waals surface area contributed by atoms with Crippen LogP contribution < -0.4 is 15.0 Å². The zero-order valence-electron chi connectivity index (χ0n) is 22.0. The monoisotopic (exact) mass is 565 g/mol. The number of carboxylic acid groups (broad SMARTS) is 1. The number of rotatable bonds is 8. The van der Waals surface area contributed by atoms with Crippen molar-refractivity contribution in [2.24, 2.45) is 0 Å². The van der Waals surface area contributed by atoms with Crippen molar-refractivity contribution in [1.82, 2.24) is 5.32 Å². The number of methoxy groups -OCH3 is 1. The van der Waals surface area contributed by atoms with E-state index < -0.39 is 29.7 Å². The van der Waals surface area contributed by atoms with E-state index in [1.165, 1.54) is 18.2 Å². The second kappa shape index (κ2) is 11.1. The number of ether oxygens (including phenoxy) is 1. The number of carbonyl (C=O) groups is 4. The van der Waals surface area contributed by atoms with Crippen LogP contribution in [0.1, 0.15) is 47.1 Å². The third-order valence-electron chi connectivity index (χ3n) is 6.79. The molecule has 41 heavy (non-hydrogen) atoms. The first kappa shape index (κ1) is 27.3. The van der Waals surface area contributed by atoms with Crippen LogP contribution in [0.15, 0.2) is 72.8 Å². The van der Waals surface area contributed by atoms with Crippen LogP contribution in [0, 0.1) is 18.3 Å². The molecule has 1 atom stereocenters. The molecule has 3 aromatic carbocycles. The quantitative estimate of drug-likeness (QED) is 0.292. The van der Waals surface area contributed by atoms with Crippen molar-refractivity contribution in [3.8, 4) is 22.9 Å². The summed E-state index contributed by atoms with van der Waals surface area (Å²) in [6, 6.07) is 21.0. The van der Waals surface area contributed by atoms with Crippen molar-refractivity contribution >= 4 is 40.0 Å². The van der Waals surface area contributed by atoms with Crippen LogP contribution in [0.25, 0.3) is 11.1 Å². The van der Waals surface area contributed by atoms with Gasteiger partial charge in [-0.15, -0.1) is 11.3 Å². The Morgan fingerprint density at radius 2 is 1.71 bits per heavy atom. The number of imide groups is 1. The summed E-state index contributed by atoms with van der Waals surface area (Å²) >= 11 is 1.15. The van der Waals surface area contributed by atoms with Crippen LogP contribution in [0.5, 0.6) is 5.75 Å². The molecule has 5 rings (SSSR count). The van der Waals surface area contributed by atoms with Crippen LogP contribution in [0.2, 0.25) is 0 Å². The lowest BCUT2D eigenvalue weighted by Crippen LogP contribution is -2.42. The Hall–Kier alpha value is -5.27. The van der Waals surface area contributed by atoms with Gasteiger partial charge in [-0.2, -0.15) is 5.26 Å². The summed E-state index contributed by atoms with van der Waals surface area (Å²) in [7, 11) is 1.55. The number of aryl methyl sites for hydroxylation is 1. The van der Waals surface area contributed by atoms with Gasteiger partial charge in [0.25, 0.3) is 17.7 Å². The standard InChI is InChI=1S/C31H23N3O6S/c1-17-26(19-8-11-21(40-2)12-9-19)24(16-32)30(41-17)34-28(36)22-13-10-20(15-23(22)29(34)37)27(35)33-25(31(38)39)14-18-6-4-3-5-7-18/h3-13,15,25H,14H2,1-2H3,(H,33,35)(H,38,39). The number of thiophene rings is 1. The maximum Gasteiger partial charge on any atom is 0.326 e. The summed E-state index contributed by atoms with van der Waals surface area (Å²) < 4.78 is 5.21. The van der Waals surface area contributed by atoms with E-state index in [2.05, 4.69) is 11.4 Å². The molecule has 0 fully saturated rings. The van der Waals surface area contributed by atoms with Gasteiger partial charge in [0.2, 0.25) is 0 Å². The van der Waals surface area contributed by atoms with Crippen molar-refractivity contribution in [1.29, 1.82) is 5.26 Å². The molecule has 1 unspecified atom stereocenters. The van der Waals surface area contributed by atoms with E-state index in [0.29, 0.717) is 11.3 Å². The highest BCUT2D eigenvalue weighted by Gasteiger charge is 2.40. The van der Waals surface area contributed by atoms with Crippen molar-refractivity contribution in [3.05, 3.63) is 105 Å². The lowest BCUT2D eigenvalue weighted by molar-refractivity contribution is -0.139. The second-order valence-electron chi connectivity index (χ2n) is 9.31. The first-order chi connectivity index (χ1) is 19.7. The van der Waals surface area contributed by atoms with Crippen LogP contribution in [0.3, 0.4) is 0 Å². The number of benzene rings is 3. The second-order valence-corrected chi connectivity index (χ2v) is 10.5. The number of carboxylic acids is 1. The summed E-state index contributed by atoms with van der Waals surface area (Å²) in [5.74, 6) is -2.52. The molecule has 4 aromatic rings. The molecule has 2 N–H and O–H groups in total. The molecule has 0 saturated carbocycles. The van der Waals surface area contributed by atoms with Gasteiger partial charge >= 0.3 is 5.97 Å². The maximum absolute atomic E-state index is 13.5. The van der Waals surface area contributed by atoms with Crippen molar-refractivity contribution < 1.29 is 29.0 Å². The number of carbonyl (C=O) groups excluding carboxylic acids is 3. The minimum Gasteiger partial charge on any atom is -0.497 e. The van der Waals surface area contributed by atoms with Crippen molar-refractivity contribution in [2.45, 2.75) is 19.4 Å². The minimum atomic E-state index is -1.20. The Balaban J connectivity index is 1.43. The maximum atomic E-state index is 13.5. The van der Waals surface area contributed by atoms with E-state index in [9.17, 15) is 29.5 Å². The molecule has 0 bridgehead atoms. The molecular formula is C31H23N3O6S. The van der Waals surface area contributed by atoms with E-state index in [1.54, 1.807) is 61.7 Å². The lowest BCUT2D eigenvalue weighted by Gasteiger charge is -2.15. The summed E-state index contributed by atoms with van der Waals surface area (Å²) in [6.45, 7) is 1.81. The van der Waals surface area contributed by atoms with Crippen LogP contribution in [0.4, 0.5) is 5.00 Å². The predicted octanol–water partition coefficient (Wildman–Crippen LogP) is 4.83. The van der Waals surface area contributed by atoms with E-state index in [1.807, 2.05) is 6.92 Å². The van der Waals surface area contributed by atoms with E-state index >= 15 is 0 Å². The number of fused-ring (bicyclic) bond motifs is 1. The minimum absolute atomic E-state index is 0.00137. The van der Waals surface area contributed by atoms with E-state index in [4.69, 9.17) is 4.74 Å². The number of nitrogens with one attached hydrogen (secondary N) is 1. The SMILES string of the molecule is COc1ccc(-c2c(C)sc(N3C(=O)c4ccc(C(=O)NC(Cc5ccccc5)C(=O)O)cc4C3=O)c2C#N)cc1. The molecule has 10 heteroatoms. The topological polar surface area (TPSA) is 137 Å². The fraction of sp³-hybridized carbons (Fsp3) is 0.129. The largest absolute Gasteiger partial charge is 0.497 e. The summed E-state index contributed by atoms with van der Waals surface area (Å²) in [4.78, 5) is 53.4. The normalized spacial score (nSPS) is 13.0. The van der Waals surface area contributed by atoms with Gasteiger partial charge in [-0.25, -0.2) is 9.69 Å². The summed E-state index contributed by atoms with van der Waals surface area (Å²) in [6.07, 6.45) is 0.0727. The first-order valence-corrected chi connectivity index (χ1v) is 13.3. The molecule has 0 radical (unpaired) electrons. The van der Waals surface area contributed by atoms with Gasteiger partial charge in [-0.3, -0.25) is 14.4 Å². The molecule has 0 saturated heterocycles. The van der Waals surface area contributed by atoms with Gasteiger partial charge in [0, 0.05) is 22.4 Å². The smallest absolute Gasteiger partial charge is 0.326 e. The average molecular weight is 566 g/mol. The number of aliphatic carboxylic acids is 1. The van der Waals surface area contributed by atoms with Gasteiger partial charge in [0.05, 0.1) is 23.8 Å². The van der Waals surface area contributed by atoms with Gasteiger partial charge < -0.3 is 15.2 Å². The molecule has 0 spiro atoms. The Kier molecular flexibility index (Phi) is 7.38. The third kappa shape index (κ3) is 5.06. The van der Waals surface area contributed by atoms with Crippen LogP contribution in [-0.2, 0) is 11.2 Å². The molecule has 9 nitrogen and oxygen atoms in total.